The third-order valence-corrected chi connectivity index (χ3v) is 8.58. The Morgan fingerprint density at radius 3 is 1.89 bits per heavy atom. The van der Waals surface area contributed by atoms with E-state index in [0.29, 0.717) is 4.90 Å². The van der Waals surface area contributed by atoms with E-state index in [2.05, 4.69) is 0 Å². The molecule has 0 aliphatic carbocycles. The Hall–Kier alpha value is -1.51. The number of alkyl halides is 1. The van der Waals surface area contributed by atoms with Crippen molar-refractivity contribution in [3.05, 3.63) is 27.8 Å². The maximum Gasteiger partial charge on any atom is 0.262 e. The predicted octanol–water partition coefficient (Wildman–Crippen LogP) is 2.19. The van der Waals surface area contributed by atoms with Gasteiger partial charge in [0, 0.05) is 32.6 Å². The molecule has 0 saturated carbocycles. The highest BCUT2D eigenvalue weighted by Crippen LogP contribution is 2.32. The molecule has 156 valence electrons. The molecule has 1 unspecified atom stereocenters. The first-order valence-electron chi connectivity index (χ1n) is 9.64. The third-order valence-electron chi connectivity index (χ3n) is 6.41. The van der Waals surface area contributed by atoms with Crippen molar-refractivity contribution in [3.63, 3.8) is 0 Å². The van der Waals surface area contributed by atoms with Gasteiger partial charge in [-0.2, -0.15) is 4.31 Å². The van der Waals surface area contributed by atoms with Crippen LogP contribution in [-0.2, 0) is 19.6 Å². The van der Waals surface area contributed by atoms with Gasteiger partial charge in [0.15, 0.2) is 0 Å². The van der Waals surface area contributed by atoms with Crippen LogP contribution in [0.4, 0.5) is 4.39 Å². The van der Waals surface area contributed by atoms with Crippen LogP contribution < -0.4 is 0 Å². The van der Waals surface area contributed by atoms with Crippen molar-refractivity contribution >= 4 is 15.9 Å². The second-order valence-corrected chi connectivity index (χ2v) is 9.79. The molecule has 2 saturated heterocycles. The standard InChI is InChI=1S/C20H29FN2O4S/c1-13-14(2)16(4)18(17(5)15(13)3)28(25,26)23-9-7-22(8-10-23)19(24)20(21)6-11-27-12-20/h6-12H2,1-5H3. The Balaban J connectivity index is 1.82. The summed E-state index contributed by atoms with van der Waals surface area (Å²) in [7, 11) is -3.69. The number of sulfonamides is 1. The molecule has 2 fully saturated rings. The van der Waals surface area contributed by atoms with Gasteiger partial charge in [-0.1, -0.05) is 0 Å². The summed E-state index contributed by atoms with van der Waals surface area (Å²) in [6.45, 7) is 10.3. The lowest BCUT2D eigenvalue weighted by molar-refractivity contribution is -0.145. The number of benzene rings is 1. The van der Waals surface area contributed by atoms with E-state index in [0.717, 1.165) is 27.8 Å². The molecule has 2 aliphatic heterocycles. The van der Waals surface area contributed by atoms with E-state index in [1.54, 1.807) is 0 Å². The van der Waals surface area contributed by atoms with E-state index >= 15 is 0 Å². The number of carbonyl (C=O) groups excluding carboxylic acids is 1. The van der Waals surface area contributed by atoms with E-state index in [1.165, 1.54) is 9.21 Å². The highest BCUT2D eigenvalue weighted by molar-refractivity contribution is 7.89. The molecule has 0 N–H and O–H groups in total. The minimum absolute atomic E-state index is 0.0602. The van der Waals surface area contributed by atoms with Crippen LogP contribution in [0.2, 0.25) is 0 Å². The van der Waals surface area contributed by atoms with Crippen LogP contribution in [-0.4, -0.2) is 68.6 Å². The van der Waals surface area contributed by atoms with Crippen LogP contribution in [0.1, 0.15) is 34.2 Å². The summed E-state index contributed by atoms with van der Waals surface area (Å²) >= 11 is 0. The molecule has 0 radical (unpaired) electrons. The zero-order valence-electron chi connectivity index (χ0n) is 17.3. The van der Waals surface area contributed by atoms with Gasteiger partial charge in [0.2, 0.25) is 15.7 Å². The molecule has 2 heterocycles. The first-order valence-corrected chi connectivity index (χ1v) is 11.1. The Morgan fingerprint density at radius 2 is 1.43 bits per heavy atom. The number of nitrogens with zero attached hydrogens (tertiary/aromatic N) is 2. The summed E-state index contributed by atoms with van der Waals surface area (Å²) in [5.74, 6) is -0.587. The van der Waals surface area contributed by atoms with Crippen molar-refractivity contribution in [3.8, 4) is 0 Å². The SMILES string of the molecule is Cc1c(C)c(C)c(S(=O)(=O)N2CCN(C(=O)C3(F)CCOC3)CC2)c(C)c1C. The maximum atomic E-state index is 14.7. The van der Waals surface area contributed by atoms with E-state index in [1.807, 2.05) is 34.6 Å². The van der Waals surface area contributed by atoms with Gasteiger partial charge >= 0.3 is 0 Å². The number of ether oxygens (including phenoxy) is 1. The molecule has 0 aromatic heterocycles. The largest absolute Gasteiger partial charge is 0.377 e. The summed E-state index contributed by atoms with van der Waals surface area (Å²) in [6, 6.07) is 0. The average Bonchev–Trinajstić information content (AvgIpc) is 3.12. The fraction of sp³-hybridized carbons (Fsp3) is 0.650. The fourth-order valence-electron chi connectivity index (χ4n) is 4.11. The van der Waals surface area contributed by atoms with Crippen molar-refractivity contribution in [2.45, 2.75) is 51.6 Å². The second kappa shape index (κ2) is 7.39. The van der Waals surface area contributed by atoms with Gasteiger partial charge in [0.25, 0.3) is 5.91 Å². The minimum atomic E-state index is -3.69. The molecule has 1 amide bonds. The molecule has 1 aromatic carbocycles. The van der Waals surface area contributed by atoms with Crippen LogP contribution >= 0.6 is 0 Å². The summed E-state index contributed by atoms with van der Waals surface area (Å²) in [5.41, 5.74) is 2.64. The Kier molecular flexibility index (Phi) is 5.59. The number of halogens is 1. The lowest BCUT2D eigenvalue weighted by atomic mass is 9.95. The zero-order chi connectivity index (χ0) is 20.9. The summed E-state index contributed by atoms with van der Waals surface area (Å²) < 4.78 is 47.9. The summed E-state index contributed by atoms with van der Waals surface area (Å²) in [4.78, 5) is 14.3. The highest BCUT2D eigenvalue weighted by Gasteiger charge is 2.46. The second-order valence-electron chi connectivity index (χ2n) is 7.92. The molecular weight excluding hydrogens is 383 g/mol. The van der Waals surface area contributed by atoms with Crippen molar-refractivity contribution in [2.24, 2.45) is 0 Å². The minimum Gasteiger partial charge on any atom is -0.377 e. The zero-order valence-corrected chi connectivity index (χ0v) is 18.1. The maximum absolute atomic E-state index is 14.7. The number of rotatable bonds is 3. The number of hydrogen-bond donors (Lipinski definition) is 0. The van der Waals surface area contributed by atoms with E-state index in [4.69, 9.17) is 4.74 Å². The first-order chi connectivity index (χ1) is 13.0. The van der Waals surface area contributed by atoms with Gasteiger partial charge in [-0.3, -0.25) is 4.79 Å². The molecule has 3 rings (SSSR count). The van der Waals surface area contributed by atoms with Gasteiger partial charge < -0.3 is 9.64 Å². The van der Waals surface area contributed by atoms with Gasteiger partial charge in [-0.25, -0.2) is 12.8 Å². The molecule has 6 nitrogen and oxygen atoms in total. The number of amides is 1. The third kappa shape index (κ3) is 3.35. The molecule has 1 atom stereocenters. The molecule has 2 aliphatic rings. The van der Waals surface area contributed by atoms with Crippen LogP contribution in [0.5, 0.6) is 0 Å². The van der Waals surface area contributed by atoms with Crippen molar-refractivity contribution in [1.82, 2.24) is 9.21 Å². The highest BCUT2D eigenvalue weighted by atomic mass is 32.2. The van der Waals surface area contributed by atoms with E-state index in [-0.39, 0.29) is 45.8 Å². The molecule has 0 spiro atoms. The first kappa shape index (κ1) is 21.2. The van der Waals surface area contributed by atoms with Crippen LogP contribution in [0.3, 0.4) is 0 Å². The number of carbonyl (C=O) groups is 1. The fourth-order valence-corrected chi connectivity index (χ4v) is 6.09. The van der Waals surface area contributed by atoms with Crippen molar-refractivity contribution < 1.29 is 22.3 Å². The normalized spacial score (nSPS) is 24.0. The Bertz CT molecular complexity index is 870. The molecular formula is C20H29FN2O4S. The lowest BCUT2D eigenvalue weighted by Crippen LogP contribution is -2.55. The number of piperazine rings is 1. The number of hydrogen-bond acceptors (Lipinski definition) is 4. The van der Waals surface area contributed by atoms with E-state index < -0.39 is 21.6 Å². The molecule has 1 aromatic rings. The van der Waals surface area contributed by atoms with Crippen LogP contribution in [0.15, 0.2) is 4.90 Å². The molecule has 28 heavy (non-hydrogen) atoms. The monoisotopic (exact) mass is 412 g/mol. The summed E-state index contributed by atoms with van der Waals surface area (Å²) in [6.07, 6.45) is 0.0602. The smallest absolute Gasteiger partial charge is 0.262 e. The van der Waals surface area contributed by atoms with Gasteiger partial charge in [-0.15, -0.1) is 0 Å². The lowest BCUT2D eigenvalue weighted by Gasteiger charge is -2.37. The van der Waals surface area contributed by atoms with E-state index in [9.17, 15) is 17.6 Å². The average molecular weight is 413 g/mol. The van der Waals surface area contributed by atoms with Gasteiger partial charge in [0.05, 0.1) is 18.1 Å². The van der Waals surface area contributed by atoms with Crippen LogP contribution in [0, 0.1) is 34.6 Å². The summed E-state index contributed by atoms with van der Waals surface area (Å²) in [5, 5.41) is 0. The quantitative estimate of drug-likeness (QED) is 0.763. The van der Waals surface area contributed by atoms with Crippen molar-refractivity contribution in [2.75, 3.05) is 39.4 Å². The van der Waals surface area contributed by atoms with Crippen LogP contribution in [0.25, 0.3) is 0 Å². The molecule has 0 bridgehead atoms. The van der Waals surface area contributed by atoms with Crippen molar-refractivity contribution in [1.29, 1.82) is 0 Å². The predicted molar refractivity (Wildman–Crippen MR) is 105 cm³/mol. The Morgan fingerprint density at radius 1 is 0.929 bits per heavy atom. The topological polar surface area (TPSA) is 66.9 Å². The van der Waals surface area contributed by atoms with Gasteiger partial charge in [0.1, 0.15) is 0 Å². The Labute approximate surface area is 166 Å². The molecule has 8 heteroatoms. The van der Waals surface area contributed by atoms with Gasteiger partial charge in [-0.05, 0) is 62.4 Å².